The first kappa shape index (κ1) is 17.7. The van der Waals surface area contributed by atoms with Gasteiger partial charge >= 0.3 is 5.97 Å². The van der Waals surface area contributed by atoms with Crippen molar-refractivity contribution in [1.82, 2.24) is 9.97 Å². The molecule has 0 bridgehead atoms. The summed E-state index contributed by atoms with van der Waals surface area (Å²) in [5.74, 6) is 1.73. The van der Waals surface area contributed by atoms with Crippen molar-refractivity contribution in [3.8, 4) is 17.4 Å². The summed E-state index contributed by atoms with van der Waals surface area (Å²) < 4.78 is 16.3. The van der Waals surface area contributed by atoms with Crippen LogP contribution in [0, 0.1) is 5.92 Å². The molecule has 1 aliphatic rings. The maximum Gasteiger partial charge on any atom is 0.337 e. The lowest BCUT2D eigenvalue weighted by atomic mass is 9.89. The maximum atomic E-state index is 11.7. The SMILES string of the molecule is COC(=O)c1ccc(Oc2ncnc3sc4c(c23)CC[C@H](C)C4)c(OC)c1. The van der Waals surface area contributed by atoms with Gasteiger partial charge in [0.05, 0.1) is 25.2 Å². The van der Waals surface area contributed by atoms with E-state index >= 15 is 0 Å². The molecule has 4 rings (SSSR count). The van der Waals surface area contributed by atoms with Crippen molar-refractivity contribution in [3.63, 3.8) is 0 Å². The molecule has 2 heterocycles. The van der Waals surface area contributed by atoms with Gasteiger partial charge in [0.2, 0.25) is 5.88 Å². The molecule has 27 heavy (non-hydrogen) atoms. The maximum absolute atomic E-state index is 11.7. The van der Waals surface area contributed by atoms with Crippen LogP contribution in [-0.4, -0.2) is 30.2 Å². The van der Waals surface area contributed by atoms with E-state index in [-0.39, 0.29) is 0 Å². The van der Waals surface area contributed by atoms with Crippen LogP contribution in [0.15, 0.2) is 24.5 Å². The Hall–Kier alpha value is -2.67. The minimum Gasteiger partial charge on any atom is -0.493 e. The number of aryl methyl sites for hydroxylation is 1. The zero-order valence-electron chi connectivity index (χ0n) is 15.4. The van der Waals surface area contributed by atoms with Crippen LogP contribution in [0.5, 0.6) is 17.4 Å². The molecule has 1 atom stereocenters. The first-order valence-electron chi connectivity index (χ1n) is 8.80. The predicted octanol–water partition coefficient (Wildman–Crippen LogP) is 4.40. The van der Waals surface area contributed by atoms with Crippen molar-refractivity contribution in [2.45, 2.75) is 26.2 Å². The monoisotopic (exact) mass is 384 g/mol. The number of hydrogen-bond acceptors (Lipinski definition) is 7. The molecular formula is C20H20N2O4S. The molecule has 1 aromatic carbocycles. The predicted molar refractivity (Wildman–Crippen MR) is 103 cm³/mol. The van der Waals surface area contributed by atoms with E-state index in [0.717, 1.165) is 29.5 Å². The third-order valence-corrected chi connectivity index (χ3v) is 6.01. The lowest BCUT2D eigenvalue weighted by Crippen LogP contribution is -2.08. The van der Waals surface area contributed by atoms with E-state index in [0.29, 0.717) is 28.9 Å². The summed E-state index contributed by atoms with van der Waals surface area (Å²) in [7, 11) is 2.88. The van der Waals surface area contributed by atoms with E-state index in [1.165, 1.54) is 31.0 Å². The van der Waals surface area contributed by atoms with Crippen LogP contribution >= 0.6 is 11.3 Å². The van der Waals surface area contributed by atoms with E-state index in [2.05, 4.69) is 16.9 Å². The molecular weight excluding hydrogens is 364 g/mol. The molecule has 0 amide bonds. The summed E-state index contributed by atoms with van der Waals surface area (Å²) in [6, 6.07) is 4.94. The van der Waals surface area contributed by atoms with E-state index < -0.39 is 5.97 Å². The number of esters is 1. The Kier molecular flexibility index (Phi) is 4.70. The summed E-state index contributed by atoms with van der Waals surface area (Å²) in [6.45, 7) is 2.28. The molecule has 0 fully saturated rings. The highest BCUT2D eigenvalue weighted by Gasteiger charge is 2.24. The second kappa shape index (κ2) is 7.15. The van der Waals surface area contributed by atoms with Gasteiger partial charge in [0.1, 0.15) is 11.2 Å². The fraction of sp³-hybridized carbons (Fsp3) is 0.350. The Balaban J connectivity index is 1.75. The number of rotatable bonds is 4. The summed E-state index contributed by atoms with van der Waals surface area (Å²) in [4.78, 5) is 22.9. The lowest BCUT2D eigenvalue weighted by Gasteiger charge is -2.18. The van der Waals surface area contributed by atoms with Gasteiger partial charge in [-0.1, -0.05) is 6.92 Å². The number of carbonyl (C=O) groups is 1. The Labute approximate surface area is 161 Å². The Morgan fingerprint density at radius 3 is 2.85 bits per heavy atom. The first-order chi connectivity index (χ1) is 13.1. The molecule has 0 N–H and O–H groups in total. The smallest absolute Gasteiger partial charge is 0.337 e. The minimum absolute atomic E-state index is 0.399. The average molecular weight is 384 g/mol. The van der Waals surface area contributed by atoms with Gasteiger partial charge in [0.25, 0.3) is 0 Å². The molecule has 0 radical (unpaired) electrons. The third-order valence-electron chi connectivity index (χ3n) is 4.85. The second-order valence-corrected chi connectivity index (χ2v) is 7.75. The molecule has 6 nitrogen and oxygen atoms in total. The summed E-state index contributed by atoms with van der Waals surface area (Å²) in [5.41, 5.74) is 1.70. The number of hydrogen-bond donors (Lipinski definition) is 0. The zero-order valence-corrected chi connectivity index (χ0v) is 16.3. The zero-order chi connectivity index (χ0) is 19.0. The van der Waals surface area contributed by atoms with Gasteiger partial charge in [-0.2, -0.15) is 0 Å². The van der Waals surface area contributed by atoms with E-state index in [1.54, 1.807) is 29.5 Å². The highest BCUT2D eigenvalue weighted by atomic mass is 32.1. The number of fused-ring (bicyclic) bond motifs is 3. The Bertz CT molecular complexity index is 1010. The van der Waals surface area contributed by atoms with Crippen molar-refractivity contribution in [1.29, 1.82) is 0 Å². The van der Waals surface area contributed by atoms with Crippen molar-refractivity contribution in [2.24, 2.45) is 5.92 Å². The third kappa shape index (κ3) is 3.23. The Morgan fingerprint density at radius 2 is 2.07 bits per heavy atom. The summed E-state index contributed by atoms with van der Waals surface area (Å²) >= 11 is 1.72. The van der Waals surface area contributed by atoms with E-state index in [9.17, 15) is 4.79 Å². The number of benzene rings is 1. The van der Waals surface area contributed by atoms with Gasteiger partial charge in [-0.15, -0.1) is 11.3 Å². The fourth-order valence-corrected chi connectivity index (χ4v) is 4.77. The molecule has 7 heteroatoms. The standard InChI is InChI=1S/C20H20N2O4S/c1-11-4-6-13-16(8-11)27-19-17(13)18(21-10-22-19)26-14-7-5-12(20(23)25-3)9-15(14)24-2/h5,7,9-11H,4,6,8H2,1-3H3/t11-/m0/s1. The molecule has 2 aromatic heterocycles. The van der Waals surface area contributed by atoms with E-state index in [1.807, 2.05) is 0 Å². The average Bonchev–Trinajstić information content (AvgIpc) is 3.06. The van der Waals surface area contributed by atoms with Crippen LogP contribution in [0.1, 0.15) is 34.1 Å². The van der Waals surface area contributed by atoms with Gasteiger partial charge in [0.15, 0.2) is 11.5 Å². The van der Waals surface area contributed by atoms with Crippen LogP contribution in [0.4, 0.5) is 0 Å². The topological polar surface area (TPSA) is 70.5 Å². The second-order valence-electron chi connectivity index (χ2n) is 6.67. The van der Waals surface area contributed by atoms with Crippen molar-refractivity contribution in [2.75, 3.05) is 14.2 Å². The number of methoxy groups -OCH3 is 2. The van der Waals surface area contributed by atoms with Gasteiger partial charge in [0, 0.05) is 4.88 Å². The summed E-state index contributed by atoms with van der Waals surface area (Å²) in [6.07, 6.45) is 4.77. The van der Waals surface area contributed by atoms with Gasteiger partial charge in [-0.3, -0.25) is 0 Å². The van der Waals surface area contributed by atoms with Crippen LogP contribution in [-0.2, 0) is 17.6 Å². The summed E-state index contributed by atoms with van der Waals surface area (Å²) in [5, 5.41) is 0.989. The Morgan fingerprint density at radius 1 is 1.22 bits per heavy atom. The van der Waals surface area contributed by atoms with Gasteiger partial charge < -0.3 is 14.2 Å². The minimum atomic E-state index is -0.426. The molecule has 140 valence electrons. The van der Waals surface area contributed by atoms with Crippen LogP contribution < -0.4 is 9.47 Å². The fourth-order valence-electron chi connectivity index (χ4n) is 3.42. The largest absolute Gasteiger partial charge is 0.493 e. The number of nitrogens with zero attached hydrogens (tertiary/aromatic N) is 2. The highest BCUT2D eigenvalue weighted by Crippen LogP contribution is 2.42. The molecule has 3 aromatic rings. The number of carbonyl (C=O) groups excluding carboxylic acids is 1. The molecule has 0 aliphatic heterocycles. The number of aromatic nitrogens is 2. The highest BCUT2D eigenvalue weighted by molar-refractivity contribution is 7.18. The molecule has 0 saturated carbocycles. The molecule has 0 unspecified atom stereocenters. The van der Waals surface area contributed by atoms with E-state index in [4.69, 9.17) is 14.2 Å². The molecule has 0 saturated heterocycles. The van der Waals surface area contributed by atoms with Crippen molar-refractivity contribution < 1.29 is 19.0 Å². The normalized spacial score (nSPS) is 16.0. The first-order valence-corrected chi connectivity index (χ1v) is 9.61. The van der Waals surface area contributed by atoms with Crippen LogP contribution in [0.25, 0.3) is 10.2 Å². The van der Waals surface area contributed by atoms with Gasteiger partial charge in [-0.25, -0.2) is 14.8 Å². The van der Waals surface area contributed by atoms with Crippen LogP contribution in [0.3, 0.4) is 0 Å². The van der Waals surface area contributed by atoms with Gasteiger partial charge in [-0.05, 0) is 48.9 Å². The van der Waals surface area contributed by atoms with Crippen LogP contribution in [0.2, 0.25) is 0 Å². The molecule has 1 aliphatic carbocycles. The molecule has 0 spiro atoms. The van der Waals surface area contributed by atoms with Crippen molar-refractivity contribution in [3.05, 3.63) is 40.5 Å². The van der Waals surface area contributed by atoms with Crippen molar-refractivity contribution >= 4 is 27.5 Å². The quantitative estimate of drug-likeness (QED) is 0.621. The lowest BCUT2D eigenvalue weighted by molar-refractivity contribution is 0.0600. The number of thiophene rings is 1. The number of ether oxygens (including phenoxy) is 3.